The van der Waals surface area contributed by atoms with Crippen molar-refractivity contribution in [2.45, 2.75) is 26.6 Å². The quantitative estimate of drug-likeness (QED) is 0.556. The van der Waals surface area contributed by atoms with Gasteiger partial charge in [-0.15, -0.1) is 0 Å². The molecule has 0 saturated heterocycles. The fraction of sp³-hybridized carbons (Fsp3) is 0.217. The molecule has 27 heavy (non-hydrogen) atoms. The van der Waals surface area contributed by atoms with E-state index in [1.165, 1.54) is 11.1 Å². The highest BCUT2D eigenvalue weighted by Crippen LogP contribution is 2.37. The highest BCUT2D eigenvalue weighted by molar-refractivity contribution is 6.32. The van der Waals surface area contributed by atoms with Gasteiger partial charge in [0.25, 0.3) is 0 Å². The van der Waals surface area contributed by atoms with E-state index in [9.17, 15) is 0 Å². The first-order chi connectivity index (χ1) is 13.2. The molecule has 0 spiro atoms. The number of benzene rings is 3. The SMILES string of the molecule is COc1cc(CNCc2ccccc2)cc(Cl)c1OCc1ccccc1C. The lowest BCUT2D eigenvalue weighted by Crippen LogP contribution is -2.12. The zero-order chi connectivity index (χ0) is 19.1. The third-order valence-electron chi connectivity index (χ3n) is 4.42. The number of halogens is 1. The Morgan fingerprint density at radius 1 is 0.889 bits per heavy atom. The number of hydrogen-bond acceptors (Lipinski definition) is 3. The molecule has 0 bridgehead atoms. The molecule has 3 aromatic carbocycles. The van der Waals surface area contributed by atoms with E-state index in [4.69, 9.17) is 21.1 Å². The maximum Gasteiger partial charge on any atom is 0.180 e. The first-order valence-corrected chi connectivity index (χ1v) is 9.33. The third-order valence-corrected chi connectivity index (χ3v) is 4.70. The van der Waals surface area contributed by atoms with Crippen LogP contribution in [0.2, 0.25) is 5.02 Å². The van der Waals surface area contributed by atoms with Crippen LogP contribution in [0.1, 0.15) is 22.3 Å². The molecule has 0 unspecified atom stereocenters. The van der Waals surface area contributed by atoms with Crippen molar-refractivity contribution in [2.75, 3.05) is 7.11 Å². The second-order valence-electron chi connectivity index (χ2n) is 6.41. The zero-order valence-electron chi connectivity index (χ0n) is 15.7. The number of ether oxygens (including phenoxy) is 2. The number of nitrogens with one attached hydrogen (secondary N) is 1. The Balaban J connectivity index is 1.66. The second-order valence-corrected chi connectivity index (χ2v) is 6.82. The number of hydrogen-bond donors (Lipinski definition) is 1. The van der Waals surface area contributed by atoms with Gasteiger partial charge in [0.05, 0.1) is 12.1 Å². The van der Waals surface area contributed by atoms with Gasteiger partial charge in [-0.1, -0.05) is 66.2 Å². The molecule has 0 heterocycles. The van der Waals surface area contributed by atoms with Crippen molar-refractivity contribution in [3.63, 3.8) is 0 Å². The number of aryl methyl sites for hydroxylation is 1. The van der Waals surface area contributed by atoms with Crippen molar-refractivity contribution in [1.82, 2.24) is 5.32 Å². The molecule has 3 nitrogen and oxygen atoms in total. The first kappa shape index (κ1) is 19.3. The molecule has 0 saturated carbocycles. The Hall–Kier alpha value is -2.49. The summed E-state index contributed by atoms with van der Waals surface area (Å²) in [5, 5.41) is 3.98. The monoisotopic (exact) mass is 381 g/mol. The largest absolute Gasteiger partial charge is 0.493 e. The highest BCUT2D eigenvalue weighted by Gasteiger charge is 2.13. The summed E-state index contributed by atoms with van der Waals surface area (Å²) in [5.74, 6) is 1.22. The van der Waals surface area contributed by atoms with Crippen molar-refractivity contribution in [3.8, 4) is 11.5 Å². The van der Waals surface area contributed by atoms with Crippen LogP contribution in [0.3, 0.4) is 0 Å². The van der Waals surface area contributed by atoms with Crippen LogP contribution in [-0.4, -0.2) is 7.11 Å². The molecular formula is C23H24ClNO2. The summed E-state index contributed by atoms with van der Waals surface area (Å²) in [4.78, 5) is 0. The molecule has 0 aromatic heterocycles. The Morgan fingerprint density at radius 3 is 2.33 bits per heavy atom. The Morgan fingerprint density at radius 2 is 1.59 bits per heavy atom. The van der Waals surface area contributed by atoms with Gasteiger partial charge in [-0.05, 0) is 41.3 Å². The summed E-state index contributed by atoms with van der Waals surface area (Å²) < 4.78 is 11.5. The van der Waals surface area contributed by atoms with Crippen LogP contribution in [-0.2, 0) is 19.7 Å². The second kappa shape index (κ2) is 9.45. The summed E-state index contributed by atoms with van der Waals surface area (Å²) in [7, 11) is 1.63. The lowest BCUT2D eigenvalue weighted by molar-refractivity contribution is 0.284. The van der Waals surface area contributed by atoms with Gasteiger partial charge >= 0.3 is 0 Å². The Labute approximate surface area is 165 Å². The van der Waals surface area contributed by atoms with Crippen molar-refractivity contribution >= 4 is 11.6 Å². The molecule has 0 radical (unpaired) electrons. The molecule has 1 N–H and O–H groups in total. The summed E-state index contributed by atoms with van der Waals surface area (Å²) in [6.07, 6.45) is 0. The van der Waals surface area contributed by atoms with E-state index in [-0.39, 0.29) is 0 Å². The minimum Gasteiger partial charge on any atom is -0.493 e. The van der Waals surface area contributed by atoms with Gasteiger partial charge < -0.3 is 14.8 Å². The maximum absolute atomic E-state index is 6.48. The maximum atomic E-state index is 6.48. The first-order valence-electron chi connectivity index (χ1n) is 8.95. The summed E-state index contributed by atoms with van der Waals surface area (Å²) in [5.41, 5.74) is 4.61. The molecule has 0 aliphatic heterocycles. The van der Waals surface area contributed by atoms with Crippen LogP contribution in [0.4, 0.5) is 0 Å². The molecule has 0 aliphatic carbocycles. The van der Waals surface area contributed by atoms with Crippen molar-refractivity contribution in [3.05, 3.63) is 94.0 Å². The van der Waals surface area contributed by atoms with Gasteiger partial charge in [-0.3, -0.25) is 0 Å². The Kier molecular flexibility index (Phi) is 6.74. The van der Waals surface area contributed by atoms with Crippen LogP contribution >= 0.6 is 11.6 Å². The minimum absolute atomic E-state index is 0.453. The van der Waals surface area contributed by atoms with E-state index in [2.05, 4.69) is 36.5 Å². The molecule has 3 aromatic rings. The number of rotatable bonds is 8. The van der Waals surface area contributed by atoms with Crippen molar-refractivity contribution in [2.24, 2.45) is 0 Å². The van der Waals surface area contributed by atoms with Gasteiger partial charge in [0.15, 0.2) is 11.5 Å². The number of methoxy groups -OCH3 is 1. The predicted octanol–water partition coefficient (Wildman–Crippen LogP) is 5.53. The van der Waals surface area contributed by atoms with E-state index in [0.717, 1.165) is 17.7 Å². The van der Waals surface area contributed by atoms with Gasteiger partial charge in [-0.2, -0.15) is 0 Å². The lowest BCUT2D eigenvalue weighted by atomic mass is 10.1. The predicted molar refractivity (Wildman–Crippen MR) is 111 cm³/mol. The highest BCUT2D eigenvalue weighted by atomic mass is 35.5. The smallest absolute Gasteiger partial charge is 0.180 e. The average molecular weight is 382 g/mol. The summed E-state index contributed by atoms with van der Waals surface area (Å²) in [6, 6.07) is 22.3. The lowest BCUT2D eigenvalue weighted by Gasteiger charge is -2.15. The zero-order valence-corrected chi connectivity index (χ0v) is 16.4. The summed E-state index contributed by atoms with van der Waals surface area (Å²) in [6.45, 7) is 4.02. The van der Waals surface area contributed by atoms with Crippen LogP contribution < -0.4 is 14.8 Å². The Bertz CT molecular complexity index is 881. The van der Waals surface area contributed by atoms with Crippen molar-refractivity contribution < 1.29 is 9.47 Å². The molecule has 4 heteroatoms. The van der Waals surface area contributed by atoms with Crippen LogP contribution in [0.15, 0.2) is 66.7 Å². The van der Waals surface area contributed by atoms with E-state index >= 15 is 0 Å². The topological polar surface area (TPSA) is 30.5 Å². The van der Waals surface area contributed by atoms with Gasteiger partial charge in [0, 0.05) is 13.1 Å². The average Bonchev–Trinajstić information content (AvgIpc) is 2.69. The fourth-order valence-corrected chi connectivity index (χ4v) is 3.17. The van der Waals surface area contributed by atoms with Gasteiger partial charge in [0.1, 0.15) is 6.61 Å². The molecule has 0 atom stereocenters. The van der Waals surface area contributed by atoms with E-state index < -0.39 is 0 Å². The standard InChI is InChI=1S/C23H24ClNO2/c1-17-8-6-7-11-20(17)16-27-23-21(24)12-19(13-22(23)26-2)15-25-14-18-9-4-3-5-10-18/h3-13,25H,14-16H2,1-2H3. The van der Waals surface area contributed by atoms with Crippen LogP contribution in [0.25, 0.3) is 0 Å². The molecule has 0 amide bonds. The summed E-state index contributed by atoms with van der Waals surface area (Å²) >= 11 is 6.48. The van der Waals surface area contributed by atoms with Crippen molar-refractivity contribution in [1.29, 1.82) is 0 Å². The molecule has 3 rings (SSSR count). The molecule has 0 aliphatic rings. The van der Waals surface area contributed by atoms with E-state index in [1.54, 1.807) is 7.11 Å². The normalized spacial score (nSPS) is 10.6. The fourth-order valence-electron chi connectivity index (χ4n) is 2.88. The van der Waals surface area contributed by atoms with Crippen LogP contribution in [0, 0.1) is 6.92 Å². The minimum atomic E-state index is 0.453. The van der Waals surface area contributed by atoms with E-state index in [0.29, 0.717) is 29.7 Å². The van der Waals surface area contributed by atoms with Gasteiger partial charge in [-0.25, -0.2) is 0 Å². The molecular weight excluding hydrogens is 358 g/mol. The molecule has 140 valence electrons. The third kappa shape index (κ3) is 5.25. The van der Waals surface area contributed by atoms with Crippen LogP contribution in [0.5, 0.6) is 11.5 Å². The van der Waals surface area contributed by atoms with Gasteiger partial charge in [0.2, 0.25) is 0 Å². The van der Waals surface area contributed by atoms with E-state index in [1.807, 2.05) is 42.5 Å². The molecule has 0 fully saturated rings.